The molecule has 0 nitrogen and oxygen atoms in total. The summed E-state index contributed by atoms with van der Waals surface area (Å²) in [5, 5.41) is 5.09. The maximum absolute atomic E-state index is 3.16. The van der Waals surface area contributed by atoms with Gasteiger partial charge in [0.15, 0.2) is 0 Å². The van der Waals surface area contributed by atoms with Crippen molar-refractivity contribution < 1.29 is 0 Å². The molecule has 4 aromatic rings. The van der Waals surface area contributed by atoms with Gasteiger partial charge >= 0.3 is 0 Å². The molecule has 0 spiro atoms. The highest BCUT2D eigenvalue weighted by molar-refractivity contribution is 6.10. The van der Waals surface area contributed by atoms with Gasteiger partial charge in [-0.15, -0.1) is 0 Å². The Morgan fingerprint density at radius 1 is 0.625 bits per heavy atom. The molecule has 0 aliphatic heterocycles. The second-order valence-corrected chi connectivity index (χ2v) is 5.70. The van der Waals surface area contributed by atoms with Crippen LogP contribution in [0.2, 0.25) is 0 Å². The van der Waals surface area contributed by atoms with Crippen molar-refractivity contribution in [3.05, 3.63) is 102 Å². The Balaban J connectivity index is 1.78. The van der Waals surface area contributed by atoms with Crippen molar-refractivity contribution >= 4 is 27.6 Å². The molecule has 0 N–H and O–H groups in total. The van der Waals surface area contributed by atoms with Crippen molar-refractivity contribution in [2.24, 2.45) is 0 Å². The van der Waals surface area contributed by atoms with Gasteiger partial charge in [0.2, 0.25) is 0 Å². The van der Waals surface area contributed by atoms with Crippen LogP contribution in [0.5, 0.6) is 0 Å². The fourth-order valence-corrected chi connectivity index (χ4v) is 3.00. The monoisotopic (exact) mass is 304 g/mol. The van der Waals surface area contributed by atoms with E-state index >= 15 is 0 Å². The largest absolute Gasteiger partial charge is 0.0696 e. The Bertz CT molecular complexity index is 1090. The Kier molecular flexibility index (Phi) is 3.84. The molecule has 0 aliphatic carbocycles. The minimum absolute atomic E-state index is 1.03. The minimum atomic E-state index is 1.03. The van der Waals surface area contributed by atoms with Gasteiger partial charge in [0.25, 0.3) is 0 Å². The first-order valence-electron chi connectivity index (χ1n) is 8.05. The van der Waals surface area contributed by atoms with E-state index in [1.807, 2.05) is 36.4 Å². The third kappa shape index (κ3) is 2.81. The zero-order valence-electron chi connectivity index (χ0n) is 13.2. The third-order valence-electron chi connectivity index (χ3n) is 4.14. The van der Waals surface area contributed by atoms with Crippen LogP contribution in [0.15, 0.2) is 91.0 Å². The van der Waals surface area contributed by atoms with Crippen LogP contribution >= 0.6 is 0 Å². The van der Waals surface area contributed by atoms with E-state index in [0.29, 0.717) is 0 Å². The van der Waals surface area contributed by atoms with Crippen LogP contribution in [0.25, 0.3) is 27.6 Å². The maximum atomic E-state index is 3.16. The van der Waals surface area contributed by atoms with Crippen LogP contribution in [-0.4, -0.2) is 0 Å². The van der Waals surface area contributed by atoms with Crippen molar-refractivity contribution in [1.82, 2.24) is 0 Å². The van der Waals surface area contributed by atoms with Gasteiger partial charge in [-0.05, 0) is 57.5 Å². The summed E-state index contributed by atoms with van der Waals surface area (Å²) in [7, 11) is 0. The highest BCUT2D eigenvalue weighted by Crippen LogP contribution is 2.29. The summed E-state index contributed by atoms with van der Waals surface area (Å²) in [6.07, 6.45) is 4.04. The number of hydrogen-bond acceptors (Lipinski definition) is 0. The molecule has 0 saturated carbocycles. The summed E-state index contributed by atoms with van der Waals surface area (Å²) in [6, 6.07) is 29.3. The standard InChI is InChI=1S/C24H16/c1-2-10-19(11-3-1)12-4-5-13-20-18-21-14-6-7-15-22(21)24-17-9-8-16-23(20)24/h1-3,5-11,13-18H. The van der Waals surface area contributed by atoms with Gasteiger partial charge in [0.05, 0.1) is 0 Å². The molecule has 4 rings (SSSR count). The van der Waals surface area contributed by atoms with Crippen molar-refractivity contribution in [3.63, 3.8) is 0 Å². The first-order chi connectivity index (χ1) is 11.9. The number of rotatable bonds is 1. The molecule has 0 atom stereocenters. The van der Waals surface area contributed by atoms with E-state index in [-0.39, 0.29) is 0 Å². The molecule has 0 fully saturated rings. The van der Waals surface area contributed by atoms with E-state index in [1.165, 1.54) is 27.1 Å². The average molecular weight is 304 g/mol. The van der Waals surface area contributed by atoms with E-state index in [9.17, 15) is 0 Å². The van der Waals surface area contributed by atoms with Crippen molar-refractivity contribution in [2.75, 3.05) is 0 Å². The summed E-state index contributed by atoms with van der Waals surface area (Å²) >= 11 is 0. The summed E-state index contributed by atoms with van der Waals surface area (Å²) in [5.74, 6) is 6.30. The number of benzene rings is 4. The Hall–Kier alpha value is -3.30. The fourth-order valence-electron chi connectivity index (χ4n) is 3.00. The highest BCUT2D eigenvalue weighted by atomic mass is 14.1. The van der Waals surface area contributed by atoms with E-state index in [4.69, 9.17) is 0 Å². The second-order valence-electron chi connectivity index (χ2n) is 5.70. The van der Waals surface area contributed by atoms with E-state index in [1.54, 1.807) is 0 Å². The van der Waals surface area contributed by atoms with Crippen LogP contribution in [0.3, 0.4) is 0 Å². The summed E-state index contributed by atoms with van der Waals surface area (Å²) < 4.78 is 0. The second kappa shape index (κ2) is 6.44. The summed E-state index contributed by atoms with van der Waals surface area (Å²) in [6.45, 7) is 0. The number of hydrogen-bond donors (Lipinski definition) is 0. The minimum Gasteiger partial charge on any atom is -0.0696 e. The smallest absolute Gasteiger partial charge is 0.0248 e. The lowest BCUT2D eigenvalue weighted by Crippen LogP contribution is -1.82. The fraction of sp³-hybridized carbons (Fsp3) is 0. The average Bonchev–Trinajstić information content (AvgIpc) is 2.66. The summed E-state index contributed by atoms with van der Waals surface area (Å²) in [4.78, 5) is 0. The lowest BCUT2D eigenvalue weighted by Gasteiger charge is -2.07. The Morgan fingerprint density at radius 3 is 2.12 bits per heavy atom. The topological polar surface area (TPSA) is 0 Å². The molecule has 0 heteroatoms. The molecule has 0 amide bonds. The molecule has 0 heterocycles. The quantitative estimate of drug-likeness (QED) is 0.296. The van der Waals surface area contributed by atoms with Crippen LogP contribution in [0.1, 0.15) is 11.1 Å². The summed E-state index contributed by atoms with van der Waals surface area (Å²) in [5.41, 5.74) is 2.23. The maximum Gasteiger partial charge on any atom is 0.0248 e. The van der Waals surface area contributed by atoms with E-state index in [0.717, 1.165) is 5.56 Å². The zero-order valence-corrected chi connectivity index (χ0v) is 13.2. The van der Waals surface area contributed by atoms with Gasteiger partial charge in [0.1, 0.15) is 0 Å². The van der Waals surface area contributed by atoms with Crippen LogP contribution in [0.4, 0.5) is 0 Å². The first-order valence-corrected chi connectivity index (χ1v) is 8.05. The van der Waals surface area contributed by atoms with Crippen LogP contribution in [0, 0.1) is 11.8 Å². The van der Waals surface area contributed by atoms with Crippen LogP contribution < -0.4 is 0 Å². The van der Waals surface area contributed by atoms with E-state index in [2.05, 4.69) is 72.5 Å². The molecular weight excluding hydrogens is 288 g/mol. The highest BCUT2D eigenvalue weighted by Gasteiger charge is 2.03. The SMILES string of the molecule is C(#Cc1ccccc1)C=Cc1cc2ccccc2c2ccccc12. The zero-order chi connectivity index (χ0) is 16.2. The molecule has 112 valence electrons. The molecule has 0 bridgehead atoms. The predicted octanol–water partition coefficient (Wildman–Crippen LogP) is 6.06. The Morgan fingerprint density at radius 2 is 1.29 bits per heavy atom. The van der Waals surface area contributed by atoms with Gasteiger partial charge in [0, 0.05) is 5.56 Å². The molecule has 0 aromatic heterocycles. The molecule has 4 aromatic carbocycles. The first kappa shape index (κ1) is 14.3. The molecule has 0 saturated heterocycles. The third-order valence-corrected chi connectivity index (χ3v) is 4.14. The molecular formula is C24H16. The van der Waals surface area contributed by atoms with Crippen molar-refractivity contribution in [3.8, 4) is 11.8 Å². The van der Waals surface area contributed by atoms with Gasteiger partial charge in [-0.1, -0.05) is 78.6 Å². The van der Waals surface area contributed by atoms with Crippen molar-refractivity contribution in [2.45, 2.75) is 0 Å². The molecule has 0 radical (unpaired) electrons. The molecule has 0 unspecified atom stereocenters. The lowest BCUT2D eigenvalue weighted by molar-refractivity contribution is 1.65. The lowest BCUT2D eigenvalue weighted by atomic mass is 9.97. The number of fused-ring (bicyclic) bond motifs is 3. The number of allylic oxidation sites excluding steroid dienone is 1. The Labute approximate surface area is 142 Å². The van der Waals surface area contributed by atoms with Gasteiger partial charge in [-0.2, -0.15) is 0 Å². The van der Waals surface area contributed by atoms with Crippen LogP contribution in [-0.2, 0) is 0 Å². The normalized spacial score (nSPS) is 10.8. The van der Waals surface area contributed by atoms with Gasteiger partial charge < -0.3 is 0 Å². The van der Waals surface area contributed by atoms with Crippen molar-refractivity contribution in [1.29, 1.82) is 0 Å². The molecule has 24 heavy (non-hydrogen) atoms. The molecule has 0 aliphatic rings. The van der Waals surface area contributed by atoms with Gasteiger partial charge in [-0.3, -0.25) is 0 Å². The predicted molar refractivity (Wildman–Crippen MR) is 104 cm³/mol. The van der Waals surface area contributed by atoms with E-state index < -0.39 is 0 Å². The van der Waals surface area contributed by atoms with Gasteiger partial charge in [-0.25, -0.2) is 0 Å².